The summed E-state index contributed by atoms with van der Waals surface area (Å²) < 4.78 is 0. The Balaban J connectivity index is 1.80. The van der Waals surface area contributed by atoms with Crippen molar-refractivity contribution < 1.29 is 0 Å². The average Bonchev–Trinajstić information content (AvgIpc) is 2.82. The first-order valence-electron chi connectivity index (χ1n) is 7.19. The highest BCUT2D eigenvalue weighted by atomic mass is 32.2. The minimum Gasteiger partial charge on any atom is -0.333 e. The maximum absolute atomic E-state index is 4.68. The number of rotatable bonds is 3. The van der Waals surface area contributed by atoms with Gasteiger partial charge in [-0.3, -0.25) is 0 Å². The number of benzene rings is 2. The maximum atomic E-state index is 4.68. The van der Waals surface area contributed by atoms with Crippen molar-refractivity contribution in [3.05, 3.63) is 58.1 Å². The quantitative estimate of drug-likeness (QED) is 0.682. The van der Waals surface area contributed by atoms with Crippen molar-refractivity contribution in [2.45, 2.75) is 38.6 Å². The van der Waals surface area contributed by atoms with E-state index in [4.69, 9.17) is 0 Å². The Labute approximate surface area is 130 Å². The number of H-pyrrole nitrogens is 1. The summed E-state index contributed by atoms with van der Waals surface area (Å²) in [7, 11) is 0. The third-order valence-corrected chi connectivity index (χ3v) is 4.97. The van der Waals surface area contributed by atoms with Gasteiger partial charge in [0.2, 0.25) is 0 Å². The van der Waals surface area contributed by atoms with E-state index in [1.54, 1.807) is 11.8 Å². The summed E-state index contributed by atoms with van der Waals surface area (Å²) in [6, 6.07) is 11.0. The fourth-order valence-electron chi connectivity index (χ4n) is 2.36. The number of hydrogen-bond donors (Lipinski definition) is 1. The van der Waals surface area contributed by atoms with Crippen LogP contribution in [0.15, 0.2) is 35.5 Å². The largest absolute Gasteiger partial charge is 0.333 e. The molecular formula is C18H20N2S. The molecule has 0 spiro atoms. The van der Waals surface area contributed by atoms with Gasteiger partial charge in [0.15, 0.2) is 5.16 Å². The molecule has 0 aliphatic rings. The first kappa shape index (κ1) is 14.2. The molecule has 21 heavy (non-hydrogen) atoms. The van der Waals surface area contributed by atoms with Gasteiger partial charge in [0.1, 0.15) is 0 Å². The van der Waals surface area contributed by atoms with Crippen molar-refractivity contribution in [2.75, 3.05) is 0 Å². The molecule has 0 aliphatic heterocycles. The molecule has 0 fully saturated rings. The standard InChI is InChI=1S/C18H20N2S/c1-11-5-6-15(7-12(11)2)10-21-18-19-16-8-13(3)14(4)9-17(16)20-18/h5-9H,10H2,1-4H3,(H,19,20). The van der Waals surface area contributed by atoms with Gasteiger partial charge in [-0.2, -0.15) is 0 Å². The average molecular weight is 296 g/mol. The zero-order valence-corrected chi connectivity index (χ0v) is 13.8. The lowest BCUT2D eigenvalue weighted by Gasteiger charge is -2.03. The molecule has 3 heteroatoms. The summed E-state index contributed by atoms with van der Waals surface area (Å²) >= 11 is 1.76. The highest BCUT2D eigenvalue weighted by molar-refractivity contribution is 7.98. The van der Waals surface area contributed by atoms with Crippen LogP contribution in [0.25, 0.3) is 11.0 Å². The van der Waals surface area contributed by atoms with E-state index in [0.29, 0.717) is 0 Å². The fourth-order valence-corrected chi connectivity index (χ4v) is 3.19. The summed E-state index contributed by atoms with van der Waals surface area (Å²) in [6.07, 6.45) is 0. The van der Waals surface area contributed by atoms with Crippen LogP contribution in [0.5, 0.6) is 0 Å². The SMILES string of the molecule is Cc1ccc(CSc2nc3cc(C)c(C)cc3[nH]2)cc1C. The Bertz CT molecular complexity index is 763. The Kier molecular flexibility index (Phi) is 3.77. The van der Waals surface area contributed by atoms with Crippen LogP contribution in [0, 0.1) is 27.7 Å². The highest BCUT2D eigenvalue weighted by Crippen LogP contribution is 2.25. The van der Waals surface area contributed by atoms with E-state index in [1.807, 2.05) is 0 Å². The van der Waals surface area contributed by atoms with Gasteiger partial charge in [0, 0.05) is 5.75 Å². The Morgan fingerprint density at radius 1 is 0.905 bits per heavy atom. The molecule has 0 saturated heterocycles. The molecule has 0 unspecified atom stereocenters. The topological polar surface area (TPSA) is 28.7 Å². The summed E-state index contributed by atoms with van der Waals surface area (Å²) in [4.78, 5) is 8.09. The molecule has 1 aromatic heterocycles. The highest BCUT2D eigenvalue weighted by Gasteiger charge is 2.06. The van der Waals surface area contributed by atoms with Crippen LogP contribution < -0.4 is 0 Å². The van der Waals surface area contributed by atoms with Gasteiger partial charge < -0.3 is 4.98 Å². The first-order valence-corrected chi connectivity index (χ1v) is 8.17. The van der Waals surface area contributed by atoms with Gasteiger partial charge in [0.25, 0.3) is 0 Å². The Morgan fingerprint density at radius 2 is 1.62 bits per heavy atom. The van der Waals surface area contributed by atoms with E-state index in [2.05, 4.69) is 68.0 Å². The number of aryl methyl sites for hydroxylation is 4. The van der Waals surface area contributed by atoms with Crippen molar-refractivity contribution in [1.82, 2.24) is 9.97 Å². The molecular weight excluding hydrogens is 276 g/mol. The van der Waals surface area contributed by atoms with E-state index in [9.17, 15) is 0 Å². The summed E-state index contributed by atoms with van der Waals surface area (Å²) in [5, 5.41) is 0.994. The van der Waals surface area contributed by atoms with Crippen LogP contribution in [-0.2, 0) is 5.75 Å². The minimum absolute atomic E-state index is 0.943. The Hall–Kier alpha value is -1.74. The van der Waals surface area contributed by atoms with Gasteiger partial charge >= 0.3 is 0 Å². The van der Waals surface area contributed by atoms with Gasteiger partial charge in [-0.05, 0) is 67.6 Å². The molecule has 0 radical (unpaired) electrons. The molecule has 0 bridgehead atoms. The molecule has 108 valence electrons. The van der Waals surface area contributed by atoms with Crippen molar-refractivity contribution in [3.63, 3.8) is 0 Å². The third kappa shape index (κ3) is 2.98. The molecule has 0 amide bonds. The molecule has 3 aromatic rings. The van der Waals surface area contributed by atoms with Gasteiger partial charge in [-0.1, -0.05) is 30.0 Å². The minimum atomic E-state index is 0.943. The first-order chi connectivity index (χ1) is 10.0. The monoisotopic (exact) mass is 296 g/mol. The lowest BCUT2D eigenvalue weighted by Crippen LogP contribution is -1.86. The Morgan fingerprint density at radius 3 is 2.38 bits per heavy atom. The normalized spacial score (nSPS) is 11.2. The third-order valence-electron chi connectivity index (χ3n) is 4.02. The maximum Gasteiger partial charge on any atom is 0.166 e. The van der Waals surface area contributed by atoms with E-state index in [1.165, 1.54) is 27.8 Å². The van der Waals surface area contributed by atoms with Crippen LogP contribution in [0.3, 0.4) is 0 Å². The molecule has 2 nitrogen and oxygen atoms in total. The van der Waals surface area contributed by atoms with Gasteiger partial charge in [0.05, 0.1) is 11.0 Å². The van der Waals surface area contributed by atoms with Gasteiger partial charge in [-0.15, -0.1) is 0 Å². The number of aromatic nitrogens is 2. The lowest BCUT2D eigenvalue weighted by molar-refractivity contribution is 1.08. The van der Waals surface area contributed by atoms with Crippen molar-refractivity contribution in [3.8, 4) is 0 Å². The van der Waals surface area contributed by atoms with E-state index in [0.717, 1.165) is 21.9 Å². The number of fused-ring (bicyclic) bond motifs is 1. The summed E-state index contributed by atoms with van der Waals surface area (Å²) in [5.74, 6) is 0.943. The van der Waals surface area contributed by atoms with E-state index in [-0.39, 0.29) is 0 Å². The van der Waals surface area contributed by atoms with Gasteiger partial charge in [-0.25, -0.2) is 4.98 Å². The zero-order valence-electron chi connectivity index (χ0n) is 12.9. The predicted octanol–water partition coefficient (Wildman–Crippen LogP) is 5.09. The lowest BCUT2D eigenvalue weighted by atomic mass is 10.1. The van der Waals surface area contributed by atoms with Crippen LogP contribution in [-0.4, -0.2) is 9.97 Å². The number of imidazole rings is 1. The second-order valence-electron chi connectivity index (χ2n) is 5.70. The number of aromatic amines is 1. The van der Waals surface area contributed by atoms with Crippen LogP contribution in [0.1, 0.15) is 27.8 Å². The zero-order chi connectivity index (χ0) is 15.0. The molecule has 1 N–H and O–H groups in total. The molecule has 0 saturated carbocycles. The van der Waals surface area contributed by atoms with Crippen molar-refractivity contribution >= 4 is 22.8 Å². The molecule has 1 heterocycles. The number of nitrogens with one attached hydrogen (secondary N) is 1. The number of nitrogens with zero attached hydrogens (tertiary/aromatic N) is 1. The smallest absolute Gasteiger partial charge is 0.166 e. The number of thioether (sulfide) groups is 1. The molecule has 3 rings (SSSR count). The van der Waals surface area contributed by atoms with E-state index < -0.39 is 0 Å². The second-order valence-corrected chi connectivity index (χ2v) is 6.67. The molecule has 2 aromatic carbocycles. The predicted molar refractivity (Wildman–Crippen MR) is 91.0 cm³/mol. The van der Waals surface area contributed by atoms with E-state index >= 15 is 0 Å². The van der Waals surface area contributed by atoms with Crippen LogP contribution >= 0.6 is 11.8 Å². The van der Waals surface area contributed by atoms with Crippen molar-refractivity contribution in [1.29, 1.82) is 0 Å². The van der Waals surface area contributed by atoms with Crippen LogP contribution in [0.4, 0.5) is 0 Å². The second kappa shape index (κ2) is 5.57. The summed E-state index contributed by atoms with van der Waals surface area (Å²) in [5.41, 5.74) is 8.82. The van der Waals surface area contributed by atoms with Crippen molar-refractivity contribution in [2.24, 2.45) is 0 Å². The summed E-state index contributed by atoms with van der Waals surface area (Å²) in [6.45, 7) is 8.58. The molecule has 0 atom stereocenters. The van der Waals surface area contributed by atoms with Crippen LogP contribution in [0.2, 0.25) is 0 Å². The molecule has 0 aliphatic carbocycles. The number of hydrogen-bond acceptors (Lipinski definition) is 2. The fraction of sp³-hybridized carbons (Fsp3) is 0.278.